The van der Waals surface area contributed by atoms with Gasteiger partial charge in [0, 0.05) is 19.6 Å². The number of phenolic OH excluding ortho intramolecular Hbond substituents is 1. The van der Waals surface area contributed by atoms with E-state index in [2.05, 4.69) is 22.2 Å². The number of rotatable bonds is 4. The second-order valence-corrected chi connectivity index (χ2v) is 9.52. The molecule has 2 saturated heterocycles. The fourth-order valence-corrected chi connectivity index (χ4v) is 5.07. The standard InChI is InChI=1S/C24H28ClFN4O4/c1-29-8-5-14(6-9-29)12-34-23-19-22(33-13-15-11-27-7-10-30(15)24(19)32)20(25)21(28-23)18-16(26)3-2-4-17(18)31/h2-4,14-15,27,31H,5-13H2,1H3/t15-/m1/s1. The zero-order valence-electron chi connectivity index (χ0n) is 19.0. The number of carbonyl (C=O) groups is 1. The Morgan fingerprint density at radius 1 is 1.29 bits per heavy atom. The van der Waals surface area contributed by atoms with Crippen molar-refractivity contribution in [2.45, 2.75) is 18.9 Å². The van der Waals surface area contributed by atoms with E-state index in [9.17, 15) is 14.3 Å². The molecular weight excluding hydrogens is 463 g/mol. The number of aromatic nitrogens is 1. The smallest absolute Gasteiger partial charge is 0.263 e. The van der Waals surface area contributed by atoms with E-state index in [1.165, 1.54) is 18.2 Å². The lowest BCUT2D eigenvalue weighted by Gasteiger charge is -2.34. The van der Waals surface area contributed by atoms with Gasteiger partial charge in [0.2, 0.25) is 5.88 Å². The van der Waals surface area contributed by atoms with Crippen molar-refractivity contribution in [3.63, 3.8) is 0 Å². The van der Waals surface area contributed by atoms with Crippen molar-refractivity contribution < 1.29 is 23.8 Å². The van der Waals surface area contributed by atoms with E-state index in [-0.39, 0.29) is 57.8 Å². The van der Waals surface area contributed by atoms with E-state index in [4.69, 9.17) is 21.1 Å². The first-order valence-electron chi connectivity index (χ1n) is 11.6. The first kappa shape index (κ1) is 23.1. The van der Waals surface area contributed by atoms with Crippen LogP contribution in [0.2, 0.25) is 5.02 Å². The average Bonchev–Trinajstić information content (AvgIpc) is 2.98. The Kier molecular flexibility index (Phi) is 6.50. The lowest BCUT2D eigenvalue weighted by Crippen LogP contribution is -2.54. The molecule has 3 aliphatic rings. The summed E-state index contributed by atoms with van der Waals surface area (Å²) in [5, 5.41) is 13.6. The number of pyridine rings is 1. The van der Waals surface area contributed by atoms with Crippen molar-refractivity contribution >= 4 is 17.5 Å². The Bertz CT molecular complexity index is 1070. The Morgan fingerprint density at radius 3 is 2.85 bits per heavy atom. The minimum Gasteiger partial charge on any atom is -0.507 e. The molecular formula is C24H28ClFN4O4. The van der Waals surface area contributed by atoms with Gasteiger partial charge in [0.05, 0.1) is 18.2 Å². The van der Waals surface area contributed by atoms with Crippen molar-refractivity contribution in [2.24, 2.45) is 5.92 Å². The van der Waals surface area contributed by atoms with E-state index in [0.29, 0.717) is 32.2 Å². The van der Waals surface area contributed by atoms with Crippen LogP contribution in [0.1, 0.15) is 23.2 Å². The number of likely N-dealkylation sites (tertiary alicyclic amines) is 1. The third-order valence-corrected chi connectivity index (χ3v) is 7.18. The van der Waals surface area contributed by atoms with Gasteiger partial charge in [0.25, 0.3) is 5.91 Å². The molecule has 34 heavy (non-hydrogen) atoms. The van der Waals surface area contributed by atoms with Gasteiger partial charge < -0.3 is 29.7 Å². The Hall–Kier alpha value is -2.62. The average molecular weight is 491 g/mol. The quantitative estimate of drug-likeness (QED) is 0.681. The number of hydrogen-bond donors (Lipinski definition) is 2. The SMILES string of the molecule is CN1CCC(COc2nc(-c3c(O)cccc3F)c(Cl)c3c2C(=O)N2CCNC[C@@H]2CO3)CC1. The maximum Gasteiger partial charge on any atom is 0.263 e. The molecule has 0 aliphatic carbocycles. The largest absolute Gasteiger partial charge is 0.507 e. The monoisotopic (exact) mass is 490 g/mol. The molecule has 0 radical (unpaired) electrons. The first-order chi connectivity index (χ1) is 16.4. The maximum absolute atomic E-state index is 14.8. The zero-order valence-corrected chi connectivity index (χ0v) is 19.8. The Balaban J connectivity index is 1.59. The molecule has 2 aromatic rings. The van der Waals surface area contributed by atoms with E-state index in [1.807, 2.05) is 0 Å². The molecule has 0 saturated carbocycles. The van der Waals surface area contributed by atoms with Gasteiger partial charge in [-0.25, -0.2) is 9.37 Å². The van der Waals surface area contributed by atoms with Crippen LogP contribution >= 0.6 is 11.6 Å². The van der Waals surface area contributed by atoms with Crippen LogP contribution in [0.25, 0.3) is 11.3 Å². The number of aromatic hydroxyl groups is 1. The normalized spacial score (nSPS) is 21.4. The number of piperidine rings is 1. The number of phenols is 1. The minimum atomic E-state index is -0.683. The summed E-state index contributed by atoms with van der Waals surface area (Å²) in [5.74, 6) is -0.777. The number of hydrogen-bond acceptors (Lipinski definition) is 7. The van der Waals surface area contributed by atoms with Crippen LogP contribution in [0.3, 0.4) is 0 Å². The molecule has 1 amide bonds. The molecule has 1 aromatic heterocycles. The summed E-state index contributed by atoms with van der Waals surface area (Å²) in [6.07, 6.45) is 1.94. The number of nitrogens with one attached hydrogen (secondary N) is 1. The molecule has 3 aliphatic heterocycles. The van der Waals surface area contributed by atoms with Crippen LogP contribution in [0.5, 0.6) is 17.4 Å². The summed E-state index contributed by atoms with van der Waals surface area (Å²) >= 11 is 6.66. The number of halogens is 2. The van der Waals surface area contributed by atoms with Crippen LogP contribution in [-0.4, -0.2) is 84.8 Å². The summed E-state index contributed by atoms with van der Waals surface area (Å²) in [6.45, 7) is 4.33. The summed E-state index contributed by atoms with van der Waals surface area (Å²) < 4.78 is 27.0. The Labute approximate surface area is 202 Å². The number of carbonyl (C=O) groups excluding carboxylic acids is 1. The molecule has 1 atom stereocenters. The molecule has 182 valence electrons. The van der Waals surface area contributed by atoms with Crippen LogP contribution in [-0.2, 0) is 0 Å². The molecule has 5 rings (SSSR count). The molecule has 0 bridgehead atoms. The van der Waals surface area contributed by atoms with E-state index in [1.54, 1.807) is 4.90 Å². The lowest BCUT2D eigenvalue weighted by atomic mass is 9.98. The molecule has 1 aromatic carbocycles. The second-order valence-electron chi connectivity index (χ2n) is 9.14. The van der Waals surface area contributed by atoms with E-state index >= 15 is 0 Å². The van der Waals surface area contributed by atoms with Crippen molar-refractivity contribution in [1.82, 2.24) is 20.1 Å². The highest BCUT2D eigenvalue weighted by molar-refractivity contribution is 6.35. The predicted octanol–water partition coefficient (Wildman–Crippen LogP) is 2.77. The fourth-order valence-electron chi connectivity index (χ4n) is 4.79. The van der Waals surface area contributed by atoms with Crippen LogP contribution in [0.4, 0.5) is 4.39 Å². The van der Waals surface area contributed by atoms with Crippen molar-refractivity contribution in [1.29, 1.82) is 0 Å². The van der Waals surface area contributed by atoms with Gasteiger partial charge in [-0.2, -0.15) is 0 Å². The molecule has 2 fully saturated rings. The van der Waals surface area contributed by atoms with Gasteiger partial charge in [0.1, 0.15) is 34.5 Å². The summed E-state index contributed by atoms with van der Waals surface area (Å²) in [5.41, 5.74) is -0.0128. The molecule has 0 spiro atoms. The van der Waals surface area contributed by atoms with Gasteiger partial charge in [-0.3, -0.25) is 4.79 Å². The number of nitrogens with zero attached hydrogens (tertiary/aromatic N) is 3. The summed E-state index contributed by atoms with van der Waals surface area (Å²) in [6, 6.07) is 3.81. The van der Waals surface area contributed by atoms with Gasteiger partial charge in [-0.1, -0.05) is 17.7 Å². The highest BCUT2D eigenvalue weighted by Gasteiger charge is 2.38. The molecule has 4 heterocycles. The maximum atomic E-state index is 14.8. The zero-order chi connectivity index (χ0) is 23.8. The number of fused-ring (bicyclic) bond motifs is 2. The number of ether oxygens (including phenoxy) is 2. The summed E-state index contributed by atoms with van der Waals surface area (Å²) in [7, 11) is 2.09. The molecule has 8 nitrogen and oxygen atoms in total. The minimum absolute atomic E-state index is 0.0137. The number of amides is 1. The van der Waals surface area contributed by atoms with Gasteiger partial charge in [-0.05, 0) is 51.0 Å². The topological polar surface area (TPSA) is 87.2 Å². The second kappa shape index (κ2) is 9.56. The fraction of sp³-hybridized carbons (Fsp3) is 0.500. The molecule has 2 N–H and O–H groups in total. The molecule has 10 heteroatoms. The third kappa shape index (κ3) is 4.28. The van der Waals surface area contributed by atoms with E-state index < -0.39 is 5.82 Å². The van der Waals surface area contributed by atoms with Gasteiger partial charge in [0.15, 0.2) is 5.75 Å². The number of piperazine rings is 1. The molecule has 0 unspecified atom stereocenters. The highest BCUT2D eigenvalue weighted by Crippen LogP contribution is 2.45. The number of benzene rings is 1. The van der Waals surface area contributed by atoms with Crippen molar-refractivity contribution in [3.8, 4) is 28.6 Å². The Morgan fingerprint density at radius 2 is 2.09 bits per heavy atom. The lowest BCUT2D eigenvalue weighted by molar-refractivity contribution is 0.0601. The van der Waals surface area contributed by atoms with Crippen LogP contribution < -0.4 is 14.8 Å². The van der Waals surface area contributed by atoms with Crippen molar-refractivity contribution in [2.75, 3.05) is 53.0 Å². The van der Waals surface area contributed by atoms with Crippen LogP contribution in [0.15, 0.2) is 18.2 Å². The highest BCUT2D eigenvalue weighted by atomic mass is 35.5. The van der Waals surface area contributed by atoms with Crippen molar-refractivity contribution in [3.05, 3.63) is 34.6 Å². The van der Waals surface area contributed by atoms with Gasteiger partial charge in [-0.15, -0.1) is 0 Å². The predicted molar refractivity (Wildman–Crippen MR) is 125 cm³/mol. The van der Waals surface area contributed by atoms with E-state index in [0.717, 1.165) is 25.9 Å². The summed E-state index contributed by atoms with van der Waals surface area (Å²) in [4.78, 5) is 22.1. The van der Waals surface area contributed by atoms with Crippen LogP contribution in [0, 0.1) is 11.7 Å². The third-order valence-electron chi connectivity index (χ3n) is 6.83. The first-order valence-corrected chi connectivity index (χ1v) is 12.0. The van der Waals surface area contributed by atoms with Gasteiger partial charge >= 0.3 is 0 Å².